The van der Waals surface area contributed by atoms with E-state index in [1.807, 2.05) is 6.92 Å². The number of aromatic nitrogens is 1. The van der Waals surface area contributed by atoms with Gasteiger partial charge in [0.2, 0.25) is 0 Å². The van der Waals surface area contributed by atoms with Crippen LogP contribution in [0.5, 0.6) is 0 Å². The number of aliphatic carboxylic acids is 1. The number of nitrogens with one attached hydrogen (secondary N) is 1. The van der Waals surface area contributed by atoms with Gasteiger partial charge < -0.3 is 20.4 Å². The molecule has 0 fully saturated rings. The normalized spacial score (nSPS) is 11.7. The summed E-state index contributed by atoms with van der Waals surface area (Å²) in [6.45, 7) is 2.33. The second-order valence-corrected chi connectivity index (χ2v) is 4.22. The lowest BCUT2D eigenvalue weighted by atomic mass is 10.2. The van der Waals surface area contributed by atoms with Crippen molar-refractivity contribution in [2.24, 2.45) is 0 Å². The van der Waals surface area contributed by atoms with Gasteiger partial charge in [0.1, 0.15) is 6.04 Å². The van der Waals surface area contributed by atoms with Crippen LogP contribution in [-0.2, 0) is 11.3 Å². The quantitative estimate of drug-likeness (QED) is 0.673. The number of carboxylic acid groups (broad SMARTS) is 1. The van der Waals surface area contributed by atoms with Crippen LogP contribution in [-0.4, -0.2) is 51.3 Å². The SMILES string of the molecule is CCN(Cc1ccncc1)C(=O)N[C@@H](CCO)C(=O)O. The third-order valence-electron chi connectivity index (χ3n) is 2.81. The van der Waals surface area contributed by atoms with Crippen LogP contribution in [0, 0.1) is 0 Å². The lowest BCUT2D eigenvalue weighted by molar-refractivity contribution is -0.139. The van der Waals surface area contributed by atoms with Crippen LogP contribution in [0.1, 0.15) is 18.9 Å². The summed E-state index contributed by atoms with van der Waals surface area (Å²) >= 11 is 0. The van der Waals surface area contributed by atoms with Gasteiger partial charge in [-0.05, 0) is 24.6 Å². The van der Waals surface area contributed by atoms with E-state index in [0.29, 0.717) is 13.1 Å². The number of hydrogen-bond acceptors (Lipinski definition) is 4. The van der Waals surface area contributed by atoms with E-state index in [9.17, 15) is 9.59 Å². The third kappa shape index (κ3) is 4.85. The molecule has 1 heterocycles. The van der Waals surface area contributed by atoms with E-state index < -0.39 is 18.0 Å². The Kier molecular flexibility index (Phi) is 6.45. The van der Waals surface area contributed by atoms with E-state index in [0.717, 1.165) is 5.56 Å². The Morgan fingerprint density at radius 3 is 2.55 bits per heavy atom. The second-order valence-electron chi connectivity index (χ2n) is 4.22. The molecule has 110 valence electrons. The molecule has 0 saturated heterocycles. The smallest absolute Gasteiger partial charge is 0.326 e. The Morgan fingerprint density at radius 1 is 1.40 bits per heavy atom. The molecule has 0 spiro atoms. The zero-order valence-electron chi connectivity index (χ0n) is 11.3. The Morgan fingerprint density at radius 2 is 2.05 bits per heavy atom. The molecule has 7 nitrogen and oxygen atoms in total. The molecule has 0 unspecified atom stereocenters. The molecule has 0 saturated carbocycles. The predicted molar refractivity (Wildman–Crippen MR) is 72.0 cm³/mol. The summed E-state index contributed by atoms with van der Waals surface area (Å²) in [6.07, 6.45) is 3.24. The van der Waals surface area contributed by atoms with Crippen LogP contribution in [0.4, 0.5) is 4.79 Å². The zero-order chi connectivity index (χ0) is 15.0. The Hall–Kier alpha value is -2.15. The number of carboxylic acids is 1. The number of amides is 2. The van der Waals surface area contributed by atoms with Crippen molar-refractivity contribution >= 4 is 12.0 Å². The van der Waals surface area contributed by atoms with Crippen LogP contribution >= 0.6 is 0 Å². The van der Waals surface area contributed by atoms with Gasteiger partial charge in [0.05, 0.1) is 0 Å². The monoisotopic (exact) mass is 281 g/mol. The summed E-state index contributed by atoms with van der Waals surface area (Å²) in [6, 6.07) is 2.03. The molecule has 0 aliphatic carbocycles. The van der Waals surface area contributed by atoms with Crippen molar-refractivity contribution in [1.82, 2.24) is 15.2 Å². The molecular weight excluding hydrogens is 262 g/mol. The van der Waals surface area contributed by atoms with Gasteiger partial charge in [-0.25, -0.2) is 9.59 Å². The van der Waals surface area contributed by atoms with Gasteiger partial charge in [-0.2, -0.15) is 0 Å². The largest absolute Gasteiger partial charge is 0.480 e. The van der Waals surface area contributed by atoms with Gasteiger partial charge in [-0.3, -0.25) is 4.98 Å². The van der Waals surface area contributed by atoms with Gasteiger partial charge in [0.15, 0.2) is 0 Å². The highest BCUT2D eigenvalue weighted by Crippen LogP contribution is 2.04. The van der Waals surface area contributed by atoms with Gasteiger partial charge in [0, 0.05) is 38.5 Å². The van der Waals surface area contributed by atoms with Crippen LogP contribution < -0.4 is 5.32 Å². The van der Waals surface area contributed by atoms with Crippen LogP contribution in [0.3, 0.4) is 0 Å². The summed E-state index contributed by atoms with van der Waals surface area (Å²) in [5.74, 6) is -1.16. The van der Waals surface area contributed by atoms with E-state index in [2.05, 4.69) is 10.3 Å². The van der Waals surface area contributed by atoms with Crippen molar-refractivity contribution in [3.05, 3.63) is 30.1 Å². The predicted octanol–water partition coefficient (Wildman–Crippen LogP) is 0.449. The number of carbonyl (C=O) groups excluding carboxylic acids is 1. The molecule has 7 heteroatoms. The lowest BCUT2D eigenvalue weighted by Gasteiger charge is -2.23. The molecule has 0 bridgehead atoms. The summed E-state index contributed by atoms with van der Waals surface area (Å²) in [5.41, 5.74) is 0.908. The first-order valence-electron chi connectivity index (χ1n) is 6.36. The Bertz CT molecular complexity index is 439. The third-order valence-corrected chi connectivity index (χ3v) is 2.81. The standard InChI is InChI=1S/C13H19N3O4/c1-2-16(9-10-3-6-14-7-4-10)13(20)15-11(5-8-17)12(18)19/h3-4,6-7,11,17H,2,5,8-9H2,1H3,(H,15,20)(H,18,19)/t11-/m0/s1. The highest BCUT2D eigenvalue weighted by Gasteiger charge is 2.22. The molecule has 1 aromatic rings. The fraction of sp³-hybridized carbons (Fsp3) is 0.462. The molecule has 0 aliphatic rings. The highest BCUT2D eigenvalue weighted by atomic mass is 16.4. The molecule has 3 N–H and O–H groups in total. The molecule has 2 amide bonds. The van der Waals surface area contributed by atoms with Crippen LogP contribution in [0.15, 0.2) is 24.5 Å². The van der Waals surface area contributed by atoms with E-state index in [1.54, 1.807) is 24.5 Å². The number of aliphatic hydroxyl groups excluding tert-OH is 1. The number of aliphatic hydroxyl groups is 1. The first-order valence-corrected chi connectivity index (χ1v) is 6.36. The molecule has 1 rings (SSSR count). The lowest BCUT2D eigenvalue weighted by Crippen LogP contribution is -2.48. The fourth-order valence-corrected chi connectivity index (χ4v) is 1.66. The molecular formula is C13H19N3O4. The van der Waals surface area contributed by atoms with Gasteiger partial charge in [0.25, 0.3) is 0 Å². The van der Waals surface area contributed by atoms with E-state index >= 15 is 0 Å². The number of carbonyl (C=O) groups is 2. The first kappa shape index (κ1) is 15.9. The van der Waals surface area contributed by atoms with E-state index in [4.69, 9.17) is 10.2 Å². The molecule has 20 heavy (non-hydrogen) atoms. The minimum absolute atomic E-state index is 0.0200. The minimum Gasteiger partial charge on any atom is -0.480 e. The van der Waals surface area contributed by atoms with Crippen molar-refractivity contribution in [1.29, 1.82) is 0 Å². The fourth-order valence-electron chi connectivity index (χ4n) is 1.66. The second kappa shape index (κ2) is 8.11. The minimum atomic E-state index is -1.16. The Labute approximate surface area is 117 Å². The van der Waals surface area contributed by atoms with Gasteiger partial charge >= 0.3 is 12.0 Å². The number of hydrogen-bond donors (Lipinski definition) is 3. The molecule has 1 atom stereocenters. The zero-order valence-corrected chi connectivity index (χ0v) is 11.3. The summed E-state index contributed by atoms with van der Waals surface area (Å²) in [5, 5.41) is 20.1. The van der Waals surface area contributed by atoms with E-state index in [-0.39, 0.29) is 13.0 Å². The Balaban J connectivity index is 2.64. The van der Waals surface area contributed by atoms with Crippen LogP contribution in [0.2, 0.25) is 0 Å². The summed E-state index contributed by atoms with van der Waals surface area (Å²) < 4.78 is 0. The molecule has 0 aromatic carbocycles. The molecule has 0 radical (unpaired) electrons. The summed E-state index contributed by atoms with van der Waals surface area (Å²) in [7, 11) is 0. The van der Waals surface area contributed by atoms with Crippen molar-refractivity contribution in [3.8, 4) is 0 Å². The van der Waals surface area contributed by atoms with Gasteiger partial charge in [-0.1, -0.05) is 0 Å². The van der Waals surface area contributed by atoms with Crippen molar-refractivity contribution in [2.75, 3.05) is 13.2 Å². The maximum absolute atomic E-state index is 12.0. The van der Waals surface area contributed by atoms with Gasteiger partial charge in [-0.15, -0.1) is 0 Å². The van der Waals surface area contributed by atoms with Crippen LogP contribution in [0.25, 0.3) is 0 Å². The number of urea groups is 1. The maximum atomic E-state index is 12.0. The average molecular weight is 281 g/mol. The summed E-state index contributed by atoms with van der Waals surface area (Å²) in [4.78, 5) is 28.3. The highest BCUT2D eigenvalue weighted by molar-refractivity contribution is 5.82. The van der Waals surface area contributed by atoms with E-state index in [1.165, 1.54) is 4.90 Å². The molecule has 1 aromatic heterocycles. The average Bonchev–Trinajstić information content (AvgIpc) is 2.45. The molecule has 0 aliphatic heterocycles. The van der Waals surface area contributed by atoms with Crippen molar-refractivity contribution in [3.63, 3.8) is 0 Å². The first-order chi connectivity index (χ1) is 9.58. The van der Waals surface area contributed by atoms with Crippen molar-refractivity contribution < 1.29 is 19.8 Å². The number of nitrogens with zero attached hydrogens (tertiary/aromatic N) is 2. The topological polar surface area (TPSA) is 103 Å². The number of pyridine rings is 1. The maximum Gasteiger partial charge on any atom is 0.326 e. The number of rotatable bonds is 7. The van der Waals surface area contributed by atoms with Crippen molar-refractivity contribution in [2.45, 2.75) is 25.9 Å².